The average Bonchev–Trinajstić information content (AvgIpc) is 2.35. The summed E-state index contributed by atoms with van der Waals surface area (Å²) in [5.41, 5.74) is 3.99. The molecule has 0 aromatic carbocycles. The maximum atomic E-state index is 12.2. The highest BCUT2D eigenvalue weighted by molar-refractivity contribution is 7.89. The number of aryl methyl sites for hydroxylation is 1. The summed E-state index contributed by atoms with van der Waals surface area (Å²) >= 11 is 0. The Bertz CT molecular complexity index is 748. The summed E-state index contributed by atoms with van der Waals surface area (Å²) in [5, 5.41) is 0. The maximum Gasteiger partial charge on any atom is 0.330 e. The second-order valence-corrected chi connectivity index (χ2v) is 7.03. The molecule has 0 saturated heterocycles. The minimum absolute atomic E-state index is 0. The molecule has 21 heavy (non-hydrogen) atoms. The lowest BCUT2D eigenvalue weighted by molar-refractivity contribution is 0.251. The lowest BCUT2D eigenvalue weighted by Gasteiger charge is -2.37. The molecule has 3 N–H and O–H groups in total. The molecule has 1 aliphatic rings. The molecule has 0 bridgehead atoms. The highest BCUT2D eigenvalue weighted by atomic mass is 35.5. The minimum atomic E-state index is -3.99. The van der Waals surface area contributed by atoms with Crippen LogP contribution in [0.25, 0.3) is 0 Å². The number of nitrogens with one attached hydrogen (secondary N) is 1. The Morgan fingerprint density at radius 1 is 1.33 bits per heavy atom. The smallest absolute Gasteiger partial charge is 0.324 e. The van der Waals surface area contributed by atoms with Crippen LogP contribution >= 0.6 is 12.4 Å². The van der Waals surface area contributed by atoms with E-state index in [0.717, 1.165) is 34.6 Å². The molecule has 1 fully saturated rings. The van der Waals surface area contributed by atoms with E-state index in [-0.39, 0.29) is 19.0 Å². The van der Waals surface area contributed by atoms with Gasteiger partial charge in [-0.05, 0) is 19.3 Å². The first kappa shape index (κ1) is 17.9. The van der Waals surface area contributed by atoms with Gasteiger partial charge in [0, 0.05) is 32.4 Å². The molecule has 0 amide bonds. The van der Waals surface area contributed by atoms with E-state index in [0.29, 0.717) is 0 Å². The van der Waals surface area contributed by atoms with Gasteiger partial charge in [0.1, 0.15) is 0 Å². The van der Waals surface area contributed by atoms with Crippen molar-refractivity contribution in [3.05, 3.63) is 27.0 Å². The standard InChI is InChI=1S/C11H18N4O4S.ClH/c1-14-6-8(9(16)15(2)10(14)17)20(18,19)13-7-11(12)4-3-5-11;/h6,13H,3-5,7,12H2,1-2H3;1H. The van der Waals surface area contributed by atoms with E-state index in [4.69, 9.17) is 5.73 Å². The fourth-order valence-corrected chi connectivity index (χ4v) is 3.38. The van der Waals surface area contributed by atoms with Crippen molar-refractivity contribution in [3.63, 3.8) is 0 Å². The van der Waals surface area contributed by atoms with Crippen molar-refractivity contribution in [3.8, 4) is 0 Å². The van der Waals surface area contributed by atoms with Crippen molar-refractivity contribution >= 4 is 22.4 Å². The Morgan fingerprint density at radius 2 is 1.90 bits per heavy atom. The monoisotopic (exact) mass is 338 g/mol. The third-order valence-electron chi connectivity index (χ3n) is 3.67. The van der Waals surface area contributed by atoms with E-state index < -0.39 is 31.7 Å². The number of nitrogens with zero attached hydrogens (tertiary/aromatic N) is 2. The predicted octanol–water partition coefficient (Wildman–Crippen LogP) is -1.33. The van der Waals surface area contributed by atoms with Crippen molar-refractivity contribution in [2.45, 2.75) is 29.7 Å². The van der Waals surface area contributed by atoms with Crippen LogP contribution in [0.2, 0.25) is 0 Å². The van der Waals surface area contributed by atoms with E-state index in [9.17, 15) is 18.0 Å². The second kappa shape index (κ2) is 5.91. The zero-order valence-electron chi connectivity index (χ0n) is 11.8. The fourth-order valence-electron chi connectivity index (χ4n) is 2.08. The minimum Gasteiger partial charge on any atom is -0.324 e. The molecule has 0 atom stereocenters. The summed E-state index contributed by atoms with van der Waals surface area (Å²) < 4.78 is 28.5. The topological polar surface area (TPSA) is 116 Å². The van der Waals surface area contributed by atoms with Gasteiger partial charge >= 0.3 is 5.69 Å². The number of halogens is 1. The van der Waals surface area contributed by atoms with Gasteiger partial charge in [0.05, 0.1) is 0 Å². The number of hydrogen-bond acceptors (Lipinski definition) is 5. The molecule has 0 radical (unpaired) electrons. The number of hydrogen-bond donors (Lipinski definition) is 2. The summed E-state index contributed by atoms with van der Waals surface area (Å²) in [7, 11) is -1.36. The summed E-state index contributed by atoms with van der Waals surface area (Å²) in [6, 6.07) is 0. The largest absolute Gasteiger partial charge is 0.330 e. The Kier molecular flexibility index (Phi) is 5.04. The van der Waals surface area contributed by atoms with Gasteiger partial charge in [-0.15, -0.1) is 12.4 Å². The van der Waals surface area contributed by atoms with Gasteiger partial charge in [0.15, 0.2) is 4.90 Å². The van der Waals surface area contributed by atoms with E-state index in [2.05, 4.69) is 4.72 Å². The first-order valence-electron chi connectivity index (χ1n) is 6.21. The van der Waals surface area contributed by atoms with Gasteiger partial charge in [-0.1, -0.05) is 0 Å². The van der Waals surface area contributed by atoms with Gasteiger partial charge < -0.3 is 10.3 Å². The molecule has 0 aliphatic heterocycles. The van der Waals surface area contributed by atoms with Crippen molar-refractivity contribution in [2.75, 3.05) is 6.54 Å². The molecule has 0 spiro atoms. The second-order valence-electron chi connectivity index (χ2n) is 5.29. The van der Waals surface area contributed by atoms with E-state index in [1.807, 2.05) is 0 Å². The van der Waals surface area contributed by atoms with Crippen LogP contribution in [0.15, 0.2) is 20.7 Å². The highest BCUT2D eigenvalue weighted by Crippen LogP contribution is 2.28. The molecule has 0 unspecified atom stereocenters. The van der Waals surface area contributed by atoms with E-state index >= 15 is 0 Å². The third-order valence-corrected chi connectivity index (χ3v) is 5.05. The zero-order valence-corrected chi connectivity index (χ0v) is 13.5. The third kappa shape index (κ3) is 3.37. The van der Waals surface area contributed by atoms with Gasteiger partial charge in [-0.3, -0.25) is 9.36 Å². The van der Waals surface area contributed by atoms with Crippen LogP contribution < -0.4 is 21.7 Å². The quantitative estimate of drug-likeness (QED) is 0.705. The first-order chi connectivity index (χ1) is 9.16. The molecule has 2 rings (SSSR count). The normalized spacial score (nSPS) is 16.9. The van der Waals surface area contributed by atoms with Crippen molar-refractivity contribution in [1.29, 1.82) is 0 Å². The van der Waals surface area contributed by atoms with Crippen LogP contribution in [0.3, 0.4) is 0 Å². The number of rotatable bonds is 4. The molecule has 1 saturated carbocycles. The van der Waals surface area contributed by atoms with Gasteiger partial charge in [-0.25, -0.2) is 17.9 Å². The van der Waals surface area contributed by atoms with Gasteiger partial charge in [-0.2, -0.15) is 0 Å². The summed E-state index contributed by atoms with van der Waals surface area (Å²) in [5.74, 6) is 0. The molecule has 1 heterocycles. The summed E-state index contributed by atoms with van der Waals surface area (Å²) in [6.07, 6.45) is 3.50. The molecule has 120 valence electrons. The molecule has 1 aromatic heterocycles. The first-order valence-corrected chi connectivity index (χ1v) is 7.70. The number of sulfonamides is 1. The van der Waals surface area contributed by atoms with Crippen LogP contribution in [0.4, 0.5) is 0 Å². The predicted molar refractivity (Wildman–Crippen MR) is 80.1 cm³/mol. The van der Waals surface area contributed by atoms with Gasteiger partial charge in [0.25, 0.3) is 5.56 Å². The Morgan fingerprint density at radius 3 is 2.38 bits per heavy atom. The Labute approximate surface area is 128 Å². The van der Waals surface area contributed by atoms with Gasteiger partial charge in [0.2, 0.25) is 10.0 Å². The van der Waals surface area contributed by atoms with Crippen molar-refractivity contribution in [2.24, 2.45) is 19.8 Å². The number of aromatic nitrogens is 2. The molecular formula is C11H19ClN4O4S. The zero-order chi connectivity index (χ0) is 15.1. The fraction of sp³-hybridized carbons (Fsp3) is 0.636. The molecule has 1 aliphatic carbocycles. The summed E-state index contributed by atoms with van der Waals surface area (Å²) in [4.78, 5) is 23.0. The number of nitrogens with two attached hydrogens (primary N) is 1. The highest BCUT2D eigenvalue weighted by Gasteiger charge is 2.34. The van der Waals surface area contributed by atoms with E-state index in [1.54, 1.807) is 0 Å². The average molecular weight is 339 g/mol. The summed E-state index contributed by atoms with van der Waals surface area (Å²) in [6.45, 7) is 0.0847. The Balaban J connectivity index is 0.00000220. The Hall–Kier alpha value is -1.16. The van der Waals surface area contributed by atoms with Crippen molar-refractivity contribution < 1.29 is 8.42 Å². The lowest BCUT2D eigenvalue weighted by atomic mass is 9.78. The van der Waals surface area contributed by atoms with E-state index in [1.165, 1.54) is 14.1 Å². The van der Waals surface area contributed by atoms with Crippen LogP contribution in [-0.2, 0) is 24.1 Å². The molecule has 10 heteroatoms. The van der Waals surface area contributed by atoms with Crippen LogP contribution in [-0.4, -0.2) is 29.6 Å². The maximum absolute atomic E-state index is 12.2. The molecular weight excluding hydrogens is 320 g/mol. The van der Waals surface area contributed by atoms with Crippen LogP contribution in [0, 0.1) is 0 Å². The lowest BCUT2D eigenvalue weighted by Crippen LogP contribution is -2.55. The molecule has 8 nitrogen and oxygen atoms in total. The van der Waals surface area contributed by atoms with Crippen LogP contribution in [0.1, 0.15) is 19.3 Å². The van der Waals surface area contributed by atoms with Crippen LogP contribution in [0.5, 0.6) is 0 Å². The SMILES string of the molecule is Cl.Cn1cc(S(=O)(=O)NCC2(N)CCC2)c(=O)n(C)c1=O. The van der Waals surface area contributed by atoms with Crippen molar-refractivity contribution in [1.82, 2.24) is 13.9 Å². The molecule has 1 aromatic rings.